The molecule has 0 atom stereocenters. The van der Waals surface area contributed by atoms with E-state index in [-0.39, 0.29) is 11.8 Å². The van der Waals surface area contributed by atoms with Gasteiger partial charge in [0.2, 0.25) is 5.91 Å². The summed E-state index contributed by atoms with van der Waals surface area (Å²) in [6.45, 7) is 4.44. The van der Waals surface area contributed by atoms with E-state index in [1.807, 2.05) is 26.0 Å². The number of rotatable bonds is 6. The second-order valence-electron chi connectivity index (χ2n) is 5.32. The summed E-state index contributed by atoms with van der Waals surface area (Å²) >= 11 is 0. The molecule has 0 aliphatic rings. The lowest BCUT2D eigenvalue weighted by Crippen LogP contribution is -2.17. The van der Waals surface area contributed by atoms with Crippen molar-refractivity contribution in [3.63, 3.8) is 0 Å². The highest BCUT2D eigenvalue weighted by atomic mass is 16.5. The average molecular weight is 339 g/mol. The molecule has 0 fully saturated rings. The number of aryl methyl sites for hydroxylation is 1. The van der Waals surface area contributed by atoms with Crippen molar-refractivity contribution in [2.45, 2.75) is 13.8 Å². The number of nitrogens with one attached hydrogen (secondary N) is 2. The van der Waals surface area contributed by atoms with Crippen molar-refractivity contribution in [3.05, 3.63) is 59.4 Å². The minimum absolute atomic E-state index is 0.225. The molecule has 2 aromatic rings. The van der Waals surface area contributed by atoms with E-state index in [9.17, 15) is 9.59 Å². The number of carbonyl (C=O) groups excluding carboxylic acids is 2. The summed E-state index contributed by atoms with van der Waals surface area (Å²) in [4.78, 5) is 27.6. The van der Waals surface area contributed by atoms with Crippen molar-refractivity contribution in [2.75, 3.05) is 19.0 Å². The minimum Gasteiger partial charge on any atom is -0.494 e. The van der Waals surface area contributed by atoms with E-state index in [2.05, 4.69) is 15.6 Å². The number of carbonyl (C=O) groups is 2. The summed E-state index contributed by atoms with van der Waals surface area (Å²) < 4.78 is 5.48. The third-order valence-corrected chi connectivity index (χ3v) is 3.42. The monoisotopic (exact) mass is 339 g/mol. The molecule has 130 valence electrons. The van der Waals surface area contributed by atoms with Gasteiger partial charge in [0.15, 0.2) is 0 Å². The first-order valence-electron chi connectivity index (χ1n) is 7.93. The second kappa shape index (κ2) is 8.63. The van der Waals surface area contributed by atoms with Gasteiger partial charge in [-0.1, -0.05) is 0 Å². The lowest BCUT2D eigenvalue weighted by Gasteiger charge is -2.09. The van der Waals surface area contributed by atoms with E-state index >= 15 is 0 Å². The van der Waals surface area contributed by atoms with E-state index in [4.69, 9.17) is 4.74 Å². The highest BCUT2D eigenvalue weighted by Gasteiger charge is 2.05. The number of nitrogens with zero attached hydrogens (tertiary/aromatic N) is 1. The SMILES string of the molecule is CCOc1ccc(NC(=O)/C=C\c2cncc(C(=O)NC)c2)cc1C. The van der Waals surface area contributed by atoms with Crippen LogP contribution in [0.3, 0.4) is 0 Å². The second-order valence-corrected chi connectivity index (χ2v) is 5.32. The van der Waals surface area contributed by atoms with Crippen molar-refractivity contribution in [1.29, 1.82) is 0 Å². The van der Waals surface area contributed by atoms with Crippen molar-refractivity contribution in [1.82, 2.24) is 10.3 Å². The molecule has 1 aromatic heterocycles. The molecule has 0 aliphatic heterocycles. The quantitative estimate of drug-likeness (QED) is 0.793. The van der Waals surface area contributed by atoms with Crippen LogP contribution in [0.2, 0.25) is 0 Å². The molecule has 6 heteroatoms. The van der Waals surface area contributed by atoms with E-state index in [1.54, 1.807) is 31.5 Å². The molecular formula is C19H21N3O3. The number of aromatic nitrogens is 1. The number of benzene rings is 1. The molecule has 25 heavy (non-hydrogen) atoms. The maximum absolute atomic E-state index is 12.1. The Hall–Kier alpha value is -3.15. The molecule has 0 saturated heterocycles. The van der Waals surface area contributed by atoms with Crippen LogP contribution >= 0.6 is 0 Å². The van der Waals surface area contributed by atoms with Gasteiger partial charge in [-0.2, -0.15) is 0 Å². The van der Waals surface area contributed by atoms with Gasteiger partial charge in [0.1, 0.15) is 5.75 Å². The fourth-order valence-electron chi connectivity index (χ4n) is 2.22. The molecular weight excluding hydrogens is 318 g/mol. The summed E-state index contributed by atoms with van der Waals surface area (Å²) in [5.74, 6) is 0.305. The zero-order chi connectivity index (χ0) is 18.2. The Labute approximate surface area is 146 Å². The Morgan fingerprint density at radius 1 is 1.24 bits per heavy atom. The average Bonchev–Trinajstić information content (AvgIpc) is 2.62. The Morgan fingerprint density at radius 2 is 2.04 bits per heavy atom. The highest BCUT2D eigenvalue weighted by molar-refractivity contribution is 6.02. The minimum atomic E-state index is -0.270. The van der Waals surface area contributed by atoms with Crippen LogP contribution in [0.4, 0.5) is 5.69 Å². The number of pyridine rings is 1. The van der Waals surface area contributed by atoms with Gasteiger partial charge in [0, 0.05) is 31.2 Å². The molecule has 1 aromatic carbocycles. The topological polar surface area (TPSA) is 80.3 Å². The Morgan fingerprint density at radius 3 is 2.72 bits per heavy atom. The van der Waals surface area contributed by atoms with Crippen molar-refractivity contribution < 1.29 is 14.3 Å². The van der Waals surface area contributed by atoms with Crippen molar-refractivity contribution in [2.24, 2.45) is 0 Å². The molecule has 0 spiro atoms. The summed E-state index contributed by atoms with van der Waals surface area (Å²) in [6, 6.07) is 7.13. The van der Waals surface area contributed by atoms with Crippen LogP contribution < -0.4 is 15.4 Å². The summed E-state index contributed by atoms with van der Waals surface area (Å²) in [5, 5.41) is 5.32. The van der Waals surface area contributed by atoms with Crippen LogP contribution in [-0.2, 0) is 4.79 Å². The van der Waals surface area contributed by atoms with E-state index < -0.39 is 0 Å². The molecule has 2 rings (SSSR count). The highest BCUT2D eigenvalue weighted by Crippen LogP contribution is 2.21. The van der Waals surface area contributed by atoms with E-state index in [1.165, 1.54) is 12.3 Å². The van der Waals surface area contributed by atoms with Gasteiger partial charge in [0.05, 0.1) is 12.2 Å². The molecule has 2 N–H and O–H groups in total. The van der Waals surface area contributed by atoms with Crippen LogP contribution in [0.15, 0.2) is 42.7 Å². The fraction of sp³-hybridized carbons (Fsp3) is 0.211. The lowest BCUT2D eigenvalue weighted by molar-refractivity contribution is -0.111. The number of amides is 2. The van der Waals surface area contributed by atoms with Crippen molar-refractivity contribution in [3.8, 4) is 5.75 Å². The first-order valence-corrected chi connectivity index (χ1v) is 7.93. The molecule has 0 radical (unpaired) electrons. The molecule has 0 bridgehead atoms. The van der Waals surface area contributed by atoms with Gasteiger partial charge in [-0.3, -0.25) is 14.6 Å². The standard InChI is InChI=1S/C19H21N3O3/c1-4-25-17-7-6-16(9-13(17)2)22-18(23)8-5-14-10-15(12-21-11-14)19(24)20-3/h5-12H,4H2,1-3H3,(H,20,24)(H,22,23)/b8-5-. The predicted octanol–water partition coefficient (Wildman–Crippen LogP) is 2.80. The van der Waals surface area contributed by atoms with Gasteiger partial charge >= 0.3 is 0 Å². The predicted molar refractivity (Wildman–Crippen MR) is 97.6 cm³/mol. The van der Waals surface area contributed by atoms with E-state index in [0.29, 0.717) is 23.4 Å². The van der Waals surface area contributed by atoms with Gasteiger partial charge in [-0.05, 0) is 55.3 Å². The third kappa shape index (κ3) is 5.17. The molecule has 2 amide bonds. The summed E-state index contributed by atoms with van der Waals surface area (Å²) in [7, 11) is 1.55. The maximum Gasteiger partial charge on any atom is 0.252 e. The number of ether oxygens (including phenoxy) is 1. The smallest absolute Gasteiger partial charge is 0.252 e. The molecule has 1 heterocycles. The lowest BCUT2D eigenvalue weighted by atomic mass is 10.2. The van der Waals surface area contributed by atoms with Crippen LogP contribution in [0.5, 0.6) is 5.75 Å². The maximum atomic E-state index is 12.1. The molecule has 0 aliphatic carbocycles. The zero-order valence-corrected chi connectivity index (χ0v) is 14.5. The van der Waals surface area contributed by atoms with Gasteiger partial charge in [-0.25, -0.2) is 0 Å². The Balaban J connectivity index is 2.03. The van der Waals surface area contributed by atoms with Crippen LogP contribution in [0, 0.1) is 6.92 Å². The molecule has 6 nitrogen and oxygen atoms in total. The normalized spacial score (nSPS) is 10.5. The fourth-order valence-corrected chi connectivity index (χ4v) is 2.22. The van der Waals surface area contributed by atoms with Crippen LogP contribution in [0.1, 0.15) is 28.4 Å². The first kappa shape index (κ1) is 18.2. The van der Waals surface area contributed by atoms with Gasteiger partial charge < -0.3 is 15.4 Å². The number of hydrogen-bond acceptors (Lipinski definition) is 4. The first-order chi connectivity index (χ1) is 12.0. The largest absolute Gasteiger partial charge is 0.494 e. The number of anilines is 1. The third-order valence-electron chi connectivity index (χ3n) is 3.42. The van der Waals surface area contributed by atoms with Crippen molar-refractivity contribution >= 4 is 23.6 Å². The van der Waals surface area contributed by atoms with E-state index in [0.717, 1.165) is 11.3 Å². The Kier molecular flexibility index (Phi) is 6.28. The zero-order valence-electron chi connectivity index (χ0n) is 14.5. The van der Waals surface area contributed by atoms with Crippen LogP contribution in [-0.4, -0.2) is 30.5 Å². The summed E-state index contributed by atoms with van der Waals surface area (Å²) in [5.41, 5.74) is 2.74. The van der Waals surface area contributed by atoms with Gasteiger partial charge in [-0.15, -0.1) is 0 Å². The van der Waals surface area contributed by atoms with Crippen LogP contribution in [0.25, 0.3) is 6.08 Å². The molecule has 0 unspecified atom stereocenters. The van der Waals surface area contributed by atoms with Gasteiger partial charge in [0.25, 0.3) is 5.91 Å². The summed E-state index contributed by atoms with van der Waals surface area (Å²) in [6.07, 6.45) is 6.06. The molecule has 0 saturated carbocycles. The number of hydrogen-bond donors (Lipinski definition) is 2. The Bertz CT molecular complexity index is 800.